The van der Waals surface area contributed by atoms with E-state index in [1.54, 1.807) is 24.3 Å². The molecule has 1 unspecified atom stereocenters. The number of aromatic amines is 1. The molecule has 5 rings (SSSR count). The average molecular weight is 487 g/mol. The number of hydrogen-bond acceptors (Lipinski definition) is 9. The lowest BCUT2D eigenvalue weighted by Gasteiger charge is -2.24. The summed E-state index contributed by atoms with van der Waals surface area (Å²) in [6.45, 7) is 1.51. The molecule has 11 nitrogen and oxygen atoms in total. The number of nitrogens with two attached hydrogens (primary N) is 2. The molecule has 0 bridgehead atoms. The van der Waals surface area contributed by atoms with Crippen LogP contribution in [0, 0.1) is 0 Å². The van der Waals surface area contributed by atoms with Gasteiger partial charge in [0.25, 0.3) is 0 Å². The Morgan fingerprint density at radius 1 is 1.09 bits per heavy atom. The molecule has 6 N–H and O–H groups in total. The smallest absolute Gasteiger partial charge is 0.240 e. The number of anilines is 1. The molecule has 3 aromatic rings. The van der Waals surface area contributed by atoms with Gasteiger partial charge < -0.3 is 16.0 Å². The van der Waals surface area contributed by atoms with Crippen molar-refractivity contribution in [2.45, 2.75) is 27.9 Å². The summed E-state index contributed by atoms with van der Waals surface area (Å²) in [6, 6.07) is 8.70. The van der Waals surface area contributed by atoms with Crippen molar-refractivity contribution in [1.29, 1.82) is 0 Å². The number of primary sulfonamides is 1. The number of azo groups is 1. The Morgan fingerprint density at radius 3 is 2.58 bits per heavy atom. The number of piperidine rings is 1. The third-order valence-electron chi connectivity index (χ3n) is 5.71. The van der Waals surface area contributed by atoms with Crippen molar-refractivity contribution in [3.05, 3.63) is 35.9 Å². The SMILES string of the molecule is Nc1nc2c(-c3ccc(S(=O)C4CCNCC4)c(S(N)(=O)=O)c3C3=NCN=N3)cccc2[nH]1. The van der Waals surface area contributed by atoms with Gasteiger partial charge in [-0.25, -0.2) is 23.5 Å². The Kier molecular flexibility index (Phi) is 5.56. The van der Waals surface area contributed by atoms with Gasteiger partial charge in [-0.15, -0.1) is 5.11 Å². The molecular formula is C20H22N8O3S2. The van der Waals surface area contributed by atoms with E-state index in [4.69, 9.17) is 10.9 Å². The second kappa shape index (κ2) is 8.41. The molecule has 1 fully saturated rings. The summed E-state index contributed by atoms with van der Waals surface area (Å²) >= 11 is 0. The van der Waals surface area contributed by atoms with Gasteiger partial charge >= 0.3 is 0 Å². The number of H-pyrrole nitrogens is 1. The van der Waals surface area contributed by atoms with Gasteiger partial charge in [0.05, 0.1) is 26.7 Å². The third kappa shape index (κ3) is 3.97. The van der Waals surface area contributed by atoms with E-state index < -0.39 is 20.8 Å². The van der Waals surface area contributed by atoms with Gasteiger partial charge in [0.2, 0.25) is 10.0 Å². The fourth-order valence-electron chi connectivity index (χ4n) is 4.27. The van der Waals surface area contributed by atoms with Crippen LogP contribution in [0.2, 0.25) is 0 Å². The van der Waals surface area contributed by atoms with Crippen molar-refractivity contribution in [3.63, 3.8) is 0 Å². The molecule has 0 saturated carbocycles. The highest BCUT2D eigenvalue weighted by Gasteiger charge is 2.32. The first-order valence-electron chi connectivity index (χ1n) is 10.3. The van der Waals surface area contributed by atoms with E-state index in [1.165, 1.54) is 0 Å². The maximum atomic E-state index is 13.5. The highest BCUT2D eigenvalue weighted by Crippen LogP contribution is 2.38. The molecule has 2 aliphatic heterocycles. The summed E-state index contributed by atoms with van der Waals surface area (Å²) in [5.74, 6) is 0.353. The van der Waals surface area contributed by atoms with E-state index in [2.05, 4.69) is 30.5 Å². The van der Waals surface area contributed by atoms with Crippen LogP contribution in [-0.2, 0) is 20.8 Å². The van der Waals surface area contributed by atoms with E-state index in [9.17, 15) is 12.6 Å². The Labute approximate surface area is 192 Å². The minimum absolute atomic E-state index is 0.0694. The summed E-state index contributed by atoms with van der Waals surface area (Å²) in [5.41, 5.74) is 8.38. The quantitative estimate of drug-likeness (QED) is 0.424. The number of amidine groups is 1. The molecule has 0 spiro atoms. The van der Waals surface area contributed by atoms with Crippen LogP contribution in [0.5, 0.6) is 0 Å². The normalized spacial score (nSPS) is 18.0. The van der Waals surface area contributed by atoms with E-state index in [0.29, 0.717) is 35.0 Å². The predicted octanol–water partition coefficient (Wildman–Crippen LogP) is 1.49. The second-order valence-electron chi connectivity index (χ2n) is 7.80. The van der Waals surface area contributed by atoms with Crippen LogP contribution in [0.4, 0.5) is 5.95 Å². The maximum absolute atomic E-state index is 13.5. The molecule has 0 amide bonds. The van der Waals surface area contributed by atoms with Crippen molar-refractivity contribution < 1.29 is 12.6 Å². The van der Waals surface area contributed by atoms with Crippen molar-refractivity contribution >= 4 is 43.6 Å². The Bertz CT molecular complexity index is 1440. The zero-order valence-electron chi connectivity index (χ0n) is 17.5. The van der Waals surface area contributed by atoms with Crippen LogP contribution in [0.3, 0.4) is 0 Å². The number of aliphatic imine (C=N–C) groups is 1. The van der Waals surface area contributed by atoms with Crippen LogP contribution in [0.15, 0.2) is 55.3 Å². The van der Waals surface area contributed by atoms with Crippen molar-refractivity contribution in [1.82, 2.24) is 15.3 Å². The van der Waals surface area contributed by atoms with Crippen LogP contribution in [-0.4, -0.2) is 53.4 Å². The largest absolute Gasteiger partial charge is 0.369 e. The van der Waals surface area contributed by atoms with Gasteiger partial charge in [0, 0.05) is 16.4 Å². The lowest BCUT2D eigenvalue weighted by Crippen LogP contribution is -2.34. The molecule has 0 aliphatic carbocycles. The summed E-state index contributed by atoms with van der Waals surface area (Å²) in [5, 5.41) is 16.7. The molecule has 0 radical (unpaired) electrons. The first-order valence-corrected chi connectivity index (χ1v) is 13.1. The highest BCUT2D eigenvalue weighted by atomic mass is 32.2. The summed E-state index contributed by atoms with van der Waals surface area (Å²) in [7, 11) is -5.90. The van der Waals surface area contributed by atoms with Crippen LogP contribution < -0.4 is 16.2 Å². The van der Waals surface area contributed by atoms with Gasteiger partial charge in [-0.1, -0.05) is 18.2 Å². The molecule has 3 heterocycles. The molecule has 2 aliphatic rings. The molecule has 1 saturated heterocycles. The summed E-state index contributed by atoms with van der Waals surface area (Å²) < 4.78 is 39.4. The van der Waals surface area contributed by atoms with Crippen molar-refractivity contribution in [2.75, 3.05) is 25.5 Å². The number of hydrogen-bond donors (Lipinski definition) is 4. The summed E-state index contributed by atoms with van der Waals surface area (Å²) in [4.78, 5) is 11.5. The van der Waals surface area contributed by atoms with Gasteiger partial charge in [-0.05, 0) is 43.6 Å². The number of para-hydroxylation sites is 1. The van der Waals surface area contributed by atoms with Crippen LogP contribution in [0.25, 0.3) is 22.2 Å². The molecule has 13 heteroatoms. The van der Waals surface area contributed by atoms with Gasteiger partial charge in [0.1, 0.15) is 4.90 Å². The lowest BCUT2D eigenvalue weighted by atomic mass is 9.97. The fourth-order valence-corrected chi connectivity index (χ4v) is 7.21. The minimum Gasteiger partial charge on any atom is -0.369 e. The average Bonchev–Trinajstić information content (AvgIpc) is 3.46. The van der Waals surface area contributed by atoms with Gasteiger partial charge in [-0.3, -0.25) is 4.21 Å². The van der Waals surface area contributed by atoms with Crippen molar-refractivity contribution in [2.24, 2.45) is 20.4 Å². The molecular weight excluding hydrogens is 464 g/mol. The highest BCUT2D eigenvalue weighted by molar-refractivity contribution is 7.91. The first-order chi connectivity index (χ1) is 15.8. The monoisotopic (exact) mass is 486 g/mol. The fraction of sp³-hybridized carbons (Fsp3) is 0.300. The minimum atomic E-state index is -4.31. The number of nitrogens with zero attached hydrogens (tertiary/aromatic N) is 4. The molecule has 2 aromatic carbocycles. The van der Waals surface area contributed by atoms with E-state index >= 15 is 0 Å². The topological polar surface area (TPSA) is 181 Å². The molecule has 172 valence electrons. The van der Waals surface area contributed by atoms with E-state index in [1.807, 2.05) is 6.07 Å². The van der Waals surface area contributed by atoms with Gasteiger partial charge in [-0.2, -0.15) is 5.11 Å². The van der Waals surface area contributed by atoms with E-state index in [0.717, 1.165) is 13.1 Å². The van der Waals surface area contributed by atoms with Crippen LogP contribution >= 0.6 is 0 Å². The van der Waals surface area contributed by atoms with Crippen LogP contribution in [0.1, 0.15) is 18.4 Å². The molecule has 1 aromatic heterocycles. The molecule has 1 atom stereocenters. The summed E-state index contributed by atoms with van der Waals surface area (Å²) in [6.07, 6.45) is 1.33. The zero-order chi connectivity index (χ0) is 23.2. The number of aromatic nitrogens is 2. The Balaban J connectivity index is 1.81. The predicted molar refractivity (Wildman–Crippen MR) is 126 cm³/mol. The lowest BCUT2D eigenvalue weighted by molar-refractivity contribution is 0.519. The first kappa shape index (κ1) is 21.8. The standard InChI is InChI=1S/C20H22N8O3S2/c21-20-26-14-3-1-2-13(17(14)27-20)12-4-5-15(32(29)11-6-8-23-9-7-11)18(33(22,30)31)16(12)19-24-10-25-28-19/h1-5,11,23H,6-10H2,(H3,21,26,27)(H2,22,30,31). The number of imidazole rings is 1. The Morgan fingerprint density at radius 2 is 1.88 bits per heavy atom. The third-order valence-corrected chi connectivity index (χ3v) is 8.68. The number of benzene rings is 2. The second-order valence-corrected chi connectivity index (χ2v) is 11.0. The molecule has 33 heavy (non-hydrogen) atoms. The maximum Gasteiger partial charge on any atom is 0.240 e. The van der Waals surface area contributed by atoms with Crippen molar-refractivity contribution in [3.8, 4) is 11.1 Å². The Hall–Kier alpha value is -3.00. The number of nitrogen functional groups attached to an aromatic ring is 1. The number of sulfonamides is 1. The number of nitrogens with one attached hydrogen (secondary N) is 2. The number of rotatable bonds is 5. The zero-order valence-corrected chi connectivity index (χ0v) is 19.1. The number of fused-ring (bicyclic) bond motifs is 1. The van der Waals surface area contributed by atoms with E-state index in [-0.39, 0.29) is 39.1 Å². The van der Waals surface area contributed by atoms with Gasteiger partial charge in [0.15, 0.2) is 18.5 Å².